The smallest absolute Gasteiger partial charge is 0.302 e. The Balaban J connectivity index is 0. The van der Waals surface area contributed by atoms with E-state index in [1.807, 2.05) is 0 Å². The third-order valence-electron chi connectivity index (χ3n) is 0.439. The number of ether oxygens (including phenoxy) is 1. The Hall–Kier alpha value is 1.34. The molecule has 1 radical (unpaired) electrons. The summed E-state index contributed by atoms with van der Waals surface area (Å²) in [6.07, 6.45) is 0. The van der Waals surface area contributed by atoms with E-state index in [2.05, 4.69) is 4.74 Å². The Morgan fingerprint density at radius 1 is 1.50 bits per heavy atom. The molecule has 0 saturated heterocycles. The zero-order valence-electron chi connectivity index (χ0n) is 5.66. The summed E-state index contributed by atoms with van der Waals surface area (Å²) in [5, 5.41) is 0. The average molecular weight is 214 g/mol. The van der Waals surface area contributed by atoms with Gasteiger partial charge in [0.25, 0.3) is 0 Å². The molecule has 0 unspecified atom stereocenters. The number of alkyl halides is 3. The van der Waals surface area contributed by atoms with E-state index in [0.717, 1.165) is 0 Å². The Morgan fingerprint density at radius 3 is 2.00 bits per heavy atom. The van der Waals surface area contributed by atoms with E-state index in [1.165, 1.54) is 6.92 Å². The van der Waals surface area contributed by atoms with Crippen molar-refractivity contribution in [2.24, 2.45) is 0 Å². The minimum Gasteiger partial charge on any atom is -0.461 e. The molecule has 0 heterocycles. The van der Waals surface area contributed by atoms with Gasteiger partial charge >= 0.3 is 5.97 Å². The van der Waals surface area contributed by atoms with Gasteiger partial charge in [0.2, 0.25) is 3.79 Å². The predicted molar refractivity (Wildman–Crippen MR) is 42.7 cm³/mol. The van der Waals surface area contributed by atoms with Gasteiger partial charge in [0, 0.05) is 36.5 Å². The Labute approximate surface area is 96.4 Å². The predicted octanol–water partition coefficient (Wildman–Crippen LogP) is 1.54. The second-order valence-corrected chi connectivity index (χ2v) is 3.91. The summed E-state index contributed by atoms with van der Waals surface area (Å²) >= 11 is 15.7. The first-order valence-corrected chi connectivity index (χ1v) is 3.25. The zero-order valence-corrected chi connectivity index (χ0v) is 9.93. The molecule has 0 aliphatic rings. The van der Waals surface area contributed by atoms with E-state index < -0.39 is 9.76 Å². The molecule has 0 aromatic carbocycles. The molecule has 0 spiro atoms. The quantitative estimate of drug-likeness (QED) is 0.376. The largest absolute Gasteiger partial charge is 0.461 e. The molecule has 2 nitrogen and oxygen atoms in total. The first-order valence-electron chi connectivity index (χ1n) is 2.12. The number of rotatable bonds is 1. The number of hydrogen-bond acceptors (Lipinski definition) is 2. The summed E-state index contributed by atoms with van der Waals surface area (Å²) in [4.78, 5) is 10.1. The standard InChI is InChI=1S/C4H5Cl3O2.Na/c1-3(8)9-2-4(5,6)7;/h2H2,1H3;. The first-order chi connectivity index (χ1) is 3.92. The molecule has 0 aromatic heterocycles. The summed E-state index contributed by atoms with van der Waals surface area (Å²) < 4.78 is 2.88. The molecule has 0 atom stereocenters. The fourth-order valence-corrected chi connectivity index (χ4v) is 0.347. The molecule has 0 amide bonds. The van der Waals surface area contributed by atoms with E-state index in [9.17, 15) is 4.79 Å². The first kappa shape index (κ1) is 13.9. The molecule has 0 rings (SSSR count). The monoisotopic (exact) mass is 213 g/mol. The van der Waals surface area contributed by atoms with Crippen LogP contribution in [0.2, 0.25) is 0 Å². The molecule has 6 heteroatoms. The van der Waals surface area contributed by atoms with Gasteiger partial charge in [-0.2, -0.15) is 0 Å². The van der Waals surface area contributed by atoms with Crippen LogP contribution in [-0.2, 0) is 9.53 Å². The minimum absolute atomic E-state index is 0. The molecule has 0 N–H and O–H groups in total. The van der Waals surface area contributed by atoms with Crippen LogP contribution in [0.4, 0.5) is 0 Å². The number of carbonyl (C=O) groups is 1. The van der Waals surface area contributed by atoms with Gasteiger partial charge in [-0.05, 0) is 0 Å². The third-order valence-corrected chi connectivity index (χ3v) is 0.766. The van der Waals surface area contributed by atoms with Gasteiger partial charge in [-0.1, -0.05) is 34.8 Å². The second-order valence-electron chi connectivity index (χ2n) is 1.40. The number of halogens is 3. The van der Waals surface area contributed by atoms with Crippen LogP contribution >= 0.6 is 34.8 Å². The Kier molecular flexibility index (Phi) is 8.23. The number of hydrogen-bond donors (Lipinski definition) is 0. The maximum absolute atomic E-state index is 10.1. The maximum atomic E-state index is 10.1. The summed E-state index contributed by atoms with van der Waals surface area (Å²) in [5.41, 5.74) is 0. The van der Waals surface area contributed by atoms with Crippen molar-refractivity contribution in [1.82, 2.24) is 0 Å². The van der Waals surface area contributed by atoms with Crippen molar-refractivity contribution >= 4 is 70.3 Å². The van der Waals surface area contributed by atoms with E-state index in [0.29, 0.717) is 0 Å². The van der Waals surface area contributed by atoms with Crippen molar-refractivity contribution in [1.29, 1.82) is 0 Å². The number of carbonyl (C=O) groups excluding carboxylic acids is 1. The van der Waals surface area contributed by atoms with Crippen LogP contribution in [0, 0.1) is 0 Å². The van der Waals surface area contributed by atoms with Crippen LogP contribution in [-0.4, -0.2) is 45.9 Å². The van der Waals surface area contributed by atoms with Crippen LogP contribution in [0.25, 0.3) is 0 Å². The fourth-order valence-electron chi connectivity index (χ4n) is 0.183. The van der Waals surface area contributed by atoms with Crippen LogP contribution in [0.5, 0.6) is 0 Å². The van der Waals surface area contributed by atoms with Gasteiger partial charge in [0.15, 0.2) is 0 Å². The van der Waals surface area contributed by atoms with Crippen molar-refractivity contribution in [3.8, 4) is 0 Å². The fraction of sp³-hybridized carbons (Fsp3) is 0.750. The van der Waals surface area contributed by atoms with Gasteiger partial charge in [-0.15, -0.1) is 0 Å². The normalized spacial score (nSPS) is 10.0. The Bertz CT molecular complexity index is 112. The van der Waals surface area contributed by atoms with E-state index in [4.69, 9.17) is 34.8 Å². The zero-order chi connectivity index (χ0) is 7.49. The van der Waals surface area contributed by atoms with Crippen LogP contribution in [0.1, 0.15) is 6.92 Å². The van der Waals surface area contributed by atoms with Crippen LogP contribution in [0.15, 0.2) is 0 Å². The minimum atomic E-state index is -1.49. The van der Waals surface area contributed by atoms with Crippen LogP contribution < -0.4 is 0 Å². The number of esters is 1. The molecule has 10 heavy (non-hydrogen) atoms. The third kappa shape index (κ3) is 12.1. The van der Waals surface area contributed by atoms with E-state index >= 15 is 0 Å². The Morgan fingerprint density at radius 2 is 1.90 bits per heavy atom. The van der Waals surface area contributed by atoms with Crippen molar-refractivity contribution in [3.05, 3.63) is 0 Å². The molecule has 0 bridgehead atoms. The maximum Gasteiger partial charge on any atom is 0.302 e. The summed E-state index contributed by atoms with van der Waals surface area (Å²) in [7, 11) is 0. The van der Waals surface area contributed by atoms with Gasteiger partial charge in [-0.3, -0.25) is 4.79 Å². The summed E-state index contributed by atoms with van der Waals surface area (Å²) in [6, 6.07) is 0. The van der Waals surface area contributed by atoms with Gasteiger partial charge in [-0.25, -0.2) is 0 Å². The van der Waals surface area contributed by atoms with E-state index in [-0.39, 0.29) is 36.2 Å². The van der Waals surface area contributed by atoms with Gasteiger partial charge in [0.1, 0.15) is 6.61 Å². The van der Waals surface area contributed by atoms with Crippen molar-refractivity contribution in [3.63, 3.8) is 0 Å². The van der Waals surface area contributed by atoms with Crippen molar-refractivity contribution in [2.75, 3.05) is 6.61 Å². The second kappa shape index (κ2) is 5.92. The average Bonchev–Trinajstić information content (AvgIpc) is 1.59. The molecule has 0 aliphatic carbocycles. The molecular weight excluding hydrogens is 209 g/mol. The summed E-state index contributed by atoms with van der Waals surface area (Å²) in [6.45, 7) is 1.05. The molecular formula is C4H5Cl3NaO2. The van der Waals surface area contributed by atoms with Crippen molar-refractivity contribution in [2.45, 2.75) is 10.7 Å². The van der Waals surface area contributed by atoms with Crippen LogP contribution in [0.3, 0.4) is 0 Å². The van der Waals surface area contributed by atoms with Crippen molar-refractivity contribution < 1.29 is 9.53 Å². The molecule has 0 saturated carbocycles. The van der Waals surface area contributed by atoms with E-state index in [1.54, 1.807) is 0 Å². The molecule has 0 fully saturated rings. The topological polar surface area (TPSA) is 26.3 Å². The van der Waals surface area contributed by atoms with Gasteiger partial charge in [0.05, 0.1) is 0 Å². The summed E-state index contributed by atoms with van der Waals surface area (Å²) in [5.74, 6) is -0.457. The molecule has 55 valence electrons. The van der Waals surface area contributed by atoms with Gasteiger partial charge < -0.3 is 4.74 Å². The molecule has 0 aromatic rings. The SMILES string of the molecule is CC(=O)OCC(Cl)(Cl)Cl.[Na]. The molecule has 0 aliphatic heterocycles.